The fraction of sp³-hybridized carbons (Fsp3) is 0.111. The number of fused-ring (bicyclic) bond motifs is 1. The van der Waals surface area contributed by atoms with Crippen LogP contribution in [0.25, 0.3) is 10.2 Å². The van der Waals surface area contributed by atoms with Crippen molar-refractivity contribution >= 4 is 62.3 Å². The maximum absolute atomic E-state index is 12.2. The summed E-state index contributed by atoms with van der Waals surface area (Å²) in [6.45, 7) is 0.00460. The van der Waals surface area contributed by atoms with Gasteiger partial charge in [-0.15, -0.1) is 6.42 Å². The third-order valence-corrected chi connectivity index (χ3v) is 5.47. The fourth-order valence-corrected chi connectivity index (χ4v) is 3.90. The molecular formula is C18H11Cl3N2O2S. The van der Waals surface area contributed by atoms with E-state index >= 15 is 0 Å². The quantitative estimate of drug-likeness (QED) is 0.563. The van der Waals surface area contributed by atoms with Gasteiger partial charge in [-0.25, -0.2) is 0 Å². The van der Waals surface area contributed by atoms with Crippen LogP contribution in [0.4, 0.5) is 0 Å². The van der Waals surface area contributed by atoms with Gasteiger partial charge in [0.1, 0.15) is 5.75 Å². The normalized spacial score (nSPS) is 11.5. The van der Waals surface area contributed by atoms with E-state index in [1.54, 1.807) is 34.9 Å². The van der Waals surface area contributed by atoms with Crippen molar-refractivity contribution in [3.05, 3.63) is 56.3 Å². The first-order chi connectivity index (χ1) is 12.5. The topological polar surface area (TPSA) is 43.6 Å². The van der Waals surface area contributed by atoms with Crippen molar-refractivity contribution in [1.82, 2.24) is 4.57 Å². The van der Waals surface area contributed by atoms with E-state index in [0.29, 0.717) is 31.1 Å². The van der Waals surface area contributed by atoms with Gasteiger partial charge in [-0.3, -0.25) is 4.79 Å². The standard InChI is InChI=1S/C18H11Cl3N2O2S/c1-2-9-23-17-14(8-7-13(20)16(17)21)26-18(23)22-15(24)10-25-12-5-3-11(19)4-6-12/h1,3-8H,9-10H2. The molecule has 0 bridgehead atoms. The Hall–Kier alpha value is -1.97. The number of benzene rings is 2. The van der Waals surface area contributed by atoms with Crippen LogP contribution in [0.1, 0.15) is 0 Å². The van der Waals surface area contributed by atoms with Crippen molar-refractivity contribution < 1.29 is 9.53 Å². The largest absolute Gasteiger partial charge is 0.484 e. The molecule has 0 aliphatic heterocycles. The molecule has 2 aromatic carbocycles. The Balaban J connectivity index is 1.92. The highest BCUT2D eigenvalue weighted by atomic mass is 35.5. The highest BCUT2D eigenvalue weighted by Gasteiger charge is 2.13. The first-order valence-corrected chi connectivity index (χ1v) is 9.31. The Bertz CT molecular complexity index is 1080. The van der Waals surface area contributed by atoms with Crippen LogP contribution in [0.2, 0.25) is 15.1 Å². The minimum absolute atomic E-state index is 0.208. The number of ether oxygens (including phenoxy) is 1. The molecule has 1 aromatic heterocycles. The number of amides is 1. The number of hydrogen-bond acceptors (Lipinski definition) is 3. The van der Waals surface area contributed by atoms with Gasteiger partial charge >= 0.3 is 0 Å². The van der Waals surface area contributed by atoms with Gasteiger partial charge in [-0.2, -0.15) is 4.99 Å². The van der Waals surface area contributed by atoms with E-state index in [1.165, 1.54) is 11.3 Å². The van der Waals surface area contributed by atoms with Crippen LogP contribution in [-0.4, -0.2) is 17.1 Å². The molecule has 8 heteroatoms. The average molecular weight is 426 g/mol. The molecule has 0 radical (unpaired) electrons. The predicted molar refractivity (Wildman–Crippen MR) is 106 cm³/mol. The first kappa shape index (κ1) is 18.8. The zero-order chi connectivity index (χ0) is 18.7. The lowest BCUT2D eigenvalue weighted by molar-refractivity contribution is -0.120. The molecule has 0 saturated carbocycles. The van der Waals surface area contributed by atoms with Crippen LogP contribution < -0.4 is 9.54 Å². The van der Waals surface area contributed by atoms with Crippen LogP contribution in [0.15, 0.2) is 41.4 Å². The smallest absolute Gasteiger partial charge is 0.286 e. The summed E-state index contributed by atoms with van der Waals surface area (Å²) >= 11 is 19.5. The second-order valence-electron chi connectivity index (χ2n) is 5.13. The minimum Gasteiger partial charge on any atom is -0.484 e. The molecule has 0 aliphatic rings. The summed E-state index contributed by atoms with van der Waals surface area (Å²) in [5.41, 5.74) is 0.660. The molecule has 1 heterocycles. The van der Waals surface area contributed by atoms with E-state index in [1.807, 2.05) is 6.07 Å². The third kappa shape index (κ3) is 4.05. The summed E-state index contributed by atoms with van der Waals surface area (Å²) in [4.78, 5) is 16.8. The molecule has 3 rings (SSSR count). The van der Waals surface area contributed by atoms with Crippen LogP contribution in [0.5, 0.6) is 5.75 Å². The van der Waals surface area contributed by atoms with E-state index in [0.717, 1.165) is 4.70 Å². The summed E-state index contributed by atoms with van der Waals surface area (Å²) in [5.74, 6) is 2.62. The van der Waals surface area contributed by atoms with Gasteiger partial charge in [0.05, 0.1) is 26.8 Å². The molecule has 4 nitrogen and oxygen atoms in total. The number of carbonyl (C=O) groups excluding carboxylic acids is 1. The number of rotatable bonds is 4. The average Bonchev–Trinajstić information content (AvgIpc) is 2.96. The molecule has 132 valence electrons. The second kappa shape index (κ2) is 8.15. The molecule has 0 fully saturated rings. The predicted octanol–water partition coefficient (Wildman–Crippen LogP) is 4.80. The maximum atomic E-state index is 12.2. The van der Waals surface area contributed by atoms with Crippen LogP contribution in [0, 0.1) is 12.3 Å². The molecule has 0 spiro atoms. The Morgan fingerprint density at radius 3 is 2.62 bits per heavy atom. The monoisotopic (exact) mass is 424 g/mol. The van der Waals surface area contributed by atoms with Gasteiger partial charge in [0.15, 0.2) is 11.4 Å². The molecule has 0 atom stereocenters. The Morgan fingerprint density at radius 1 is 1.19 bits per heavy atom. The zero-order valence-corrected chi connectivity index (χ0v) is 16.3. The lowest BCUT2D eigenvalue weighted by atomic mass is 10.3. The molecule has 0 unspecified atom stereocenters. The van der Waals surface area contributed by atoms with Gasteiger partial charge in [0.25, 0.3) is 5.91 Å². The van der Waals surface area contributed by atoms with Crippen molar-refractivity contribution in [2.24, 2.45) is 4.99 Å². The van der Waals surface area contributed by atoms with E-state index in [-0.39, 0.29) is 13.2 Å². The van der Waals surface area contributed by atoms with Gasteiger partial charge in [0.2, 0.25) is 0 Å². The number of hydrogen-bond donors (Lipinski definition) is 0. The Morgan fingerprint density at radius 2 is 1.92 bits per heavy atom. The van der Waals surface area contributed by atoms with E-state index in [2.05, 4.69) is 10.9 Å². The van der Waals surface area contributed by atoms with Gasteiger partial charge in [-0.05, 0) is 36.4 Å². The van der Waals surface area contributed by atoms with Gasteiger partial charge in [-0.1, -0.05) is 52.1 Å². The fourth-order valence-electron chi connectivity index (χ4n) is 2.24. The SMILES string of the molecule is C#CCn1c(=NC(=O)COc2ccc(Cl)cc2)sc2ccc(Cl)c(Cl)c21. The number of nitrogens with zero attached hydrogens (tertiary/aromatic N) is 2. The van der Waals surface area contributed by atoms with Crippen molar-refractivity contribution in [2.75, 3.05) is 6.61 Å². The zero-order valence-electron chi connectivity index (χ0n) is 13.2. The Labute approximate surface area is 168 Å². The van der Waals surface area contributed by atoms with Crippen molar-refractivity contribution in [3.8, 4) is 18.1 Å². The Kier molecular flexibility index (Phi) is 5.90. The van der Waals surface area contributed by atoms with E-state index in [9.17, 15) is 4.79 Å². The number of terminal acetylenes is 1. The molecular weight excluding hydrogens is 415 g/mol. The van der Waals surface area contributed by atoms with E-state index in [4.69, 9.17) is 46.0 Å². The summed E-state index contributed by atoms with van der Waals surface area (Å²) in [7, 11) is 0. The number of halogens is 3. The number of carbonyl (C=O) groups is 1. The lowest BCUT2D eigenvalue weighted by Gasteiger charge is -2.04. The number of thiazole rings is 1. The van der Waals surface area contributed by atoms with Crippen molar-refractivity contribution in [2.45, 2.75) is 6.54 Å². The summed E-state index contributed by atoms with van der Waals surface area (Å²) < 4.78 is 7.94. The van der Waals surface area contributed by atoms with Gasteiger partial charge < -0.3 is 9.30 Å². The third-order valence-electron chi connectivity index (χ3n) is 3.38. The maximum Gasteiger partial charge on any atom is 0.286 e. The van der Waals surface area contributed by atoms with Gasteiger partial charge in [0, 0.05) is 5.02 Å². The molecule has 26 heavy (non-hydrogen) atoms. The molecule has 0 saturated heterocycles. The molecule has 0 aliphatic carbocycles. The second-order valence-corrected chi connectivity index (χ2v) is 7.36. The molecule has 1 amide bonds. The van der Waals surface area contributed by atoms with E-state index < -0.39 is 5.91 Å². The van der Waals surface area contributed by atoms with Crippen LogP contribution >= 0.6 is 46.1 Å². The molecule has 3 aromatic rings. The minimum atomic E-state index is -0.445. The lowest BCUT2D eigenvalue weighted by Crippen LogP contribution is -2.19. The van der Waals surface area contributed by atoms with Crippen LogP contribution in [0.3, 0.4) is 0 Å². The first-order valence-electron chi connectivity index (χ1n) is 7.36. The highest BCUT2D eigenvalue weighted by molar-refractivity contribution is 7.16. The highest BCUT2D eigenvalue weighted by Crippen LogP contribution is 2.32. The molecule has 0 N–H and O–H groups in total. The van der Waals surface area contributed by atoms with Crippen LogP contribution in [-0.2, 0) is 11.3 Å². The summed E-state index contributed by atoms with van der Waals surface area (Å²) in [6.07, 6.45) is 5.44. The number of aromatic nitrogens is 1. The van der Waals surface area contributed by atoms with Crippen molar-refractivity contribution in [1.29, 1.82) is 0 Å². The summed E-state index contributed by atoms with van der Waals surface area (Å²) in [6, 6.07) is 10.2. The van der Waals surface area contributed by atoms with Crippen molar-refractivity contribution in [3.63, 3.8) is 0 Å². The summed E-state index contributed by atoms with van der Waals surface area (Å²) in [5, 5.41) is 1.37.